The first-order valence-corrected chi connectivity index (χ1v) is 10.2. The van der Waals surface area contributed by atoms with Crippen LogP contribution >= 0.6 is 23.1 Å². The summed E-state index contributed by atoms with van der Waals surface area (Å²) in [6.45, 7) is 0. The highest BCUT2D eigenvalue weighted by Gasteiger charge is 2.22. The van der Waals surface area contributed by atoms with E-state index >= 15 is 0 Å². The van der Waals surface area contributed by atoms with E-state index in [0.717, 1.165) is 21.1 Å². The molecule has 3 rings (SSSR count). The van der Waals surface area contributed by atoms with E-state index in [1.165, 1.54) is 18.4 Å². The number of nitrogens with one attached hydrogen (secondary N) is 1. The Morgan fingerprint density at radius 1 is 1.35 bits per heavy atom. The maximum absolute atomic E-state index is 12.6. The lowest BCUT2D eigenvalue weighted by Gasteiger charge is -2.16. The van der Waals surface area contributed by atoms with E-state index in [-0.39, 0.29) is 5.91 Å². The van der Waals surface area contributed by atoms with E-state index in [1.54, 1.807) is 23.9 Å². The van der Waals surface area contributed by atoms with Crippen LogP contribution in [0, 0.1) is 0 Å². The van der Waals surface area contributed by atoms with Crippen molar-refractivity contribution in [3.8, 4) is 5.13 Å². The Hall–Kier alpha value is -2.32. The molecule has 0 fully saturated rings. The average molecular weight is 390 g/mol. The number of nitrogens with zero attached hydrogens (tertiary/aromatic N) is 2. The maximum Gasteiger partial charge on any atom is 0.328 e. The fourth-order valence-electron chi connectivity index (χ4n) is 2.49. The Morgan fingerprint density at radius 2 is 2.12 bits per heavy atom. The normalized spacial score (nSPS) is 12.1. The number of hydrogen-bond acceptors (Lipinski definition) is 6. The Kier molecular flexibility index (Phi) is 5.95. The Morgan fingerprint density at radius 3 is 2.81 bits per heavy atom. The van der Waals surface area contributed by atoms with Crippen LogP contribution in [0.4, 0.5) is 0 Å². The van der Waals surface area contributed by atoms with Crippen molar-refractivity contribution in [3.63, 3.8) is 0 Å². The number of amides is 1. The van der Waals surface area contributed by atoms with Crippen molar-refractivity contribution in [1.82, 2.24) is 14.9 Å². The van der Waals surface area contributed by atoms with E-state index in [0.29, 0.717) is 12.0 Å². The summed E-state index contributed by atoms with van der Waals surface area (Å²) in [6.07, 6.45) is 6.34. The number of ether oxygens (including phenoxy) is 1. The molecule has 0 aliphatic carbocycles. The SMILES string of the molecule is COC(=O)C(CCSC)NC(=O)c1ccc2nc(-n3cccc3)sc2c1. The standard InChI is InChI=1S/C18H19N3O3S2/c1-24-17(23)14(7-10-25-2)19-16(22)12-5-6-13-15(11-12)26-18(20-13)21-8-3-4-9-21/h3-6,8-9,11,14H,7,10H2,1-2H3,(H,19,22). The molecule has 0 saturated carbocycles. The predicted molar refractivity (Wildman–Crippen MR) is 105 cm³/mol. The zero-order valence-electron chi connectivity index (χ0n) is 14.5. The van der Waals surface area contributed by atoms with Crippen LogP contribution in [0.5, 0.6) is 0 Å². The first kappa shape index (κ1) is 18.5. The number of carbonyl (C=O) groups excluding carboxylic acids is 2. The fraction of sp³-hybridized carbons (Fsp3) is 0.278. The van der Waals surface area contributed by atoms with E-state index < -0.39 is 12.0 Å². The van der Waals surface area contributed by atoms with Gasteiger partial charge >= 0.3 is 5.97 Å². The number of thioether (sulfide) groups is 1. The molecule has 2 aromatic heterocycles. The maximum atomic E-state index is 12.6. The number of thiazole rings is 1. The molecular weight excluding hydrogens is 370 g/mol. The molecule has 0 spiro atoms. The van der Waals surface area contributed by atoms with Crippen LogP contribution in [-0.4, -0.2) is 46.6 Å². The average Bonchev–Trinajstić information content (AvgIpc) is 3.32. The van der Waals surface area contributed by atoms with Gasteiger partial charge < -0.3 is 14.6 Å². The summed E-state index contributed by atoms with van der Waals surface area (Å²) < 4.78 is 7.63. The number of benzene rings is 1. The van der Waals surface area contributed by atoms with Gasteiger partial charge in [-0.05, 0) is 48.8 Å². The summed E-state index contributed by atoms with van der Waals surface area (Å²) in [6, 6.07) is 8.58. The Labute approximate surface area is 159 Å². The van der Waals surface area contributed by atoms with Crippen molar-refractivity contribution in [3.05, 3.63) is 48.3 Å². The molecule has 1 amide bonds. The van der Waals surface area contributed by atoms with Crippen LogP contribution in [0.3, 0.4) is 0 Å². The van der Waals surface area contributed by atoms with E-state index in [9.17, 15) is 9.59 Å². The van der Waals surface area contributed by atoms with Crippen molar-refractivity contribution < 1.29 is 14.3 Å². The van der Waals surface area contributed by atoms with Gasteiger partial charge in [0, 0.05) is 18.0 Å². The second-order valence-electron chi connectivity index (χ2n) is 5.60. The lowest BCUT2D eigenvalue weighted by atomic mass is 10.1. The van der Waals surface area contributed by atoms with Crippen molar-refractivity contribution in [2.75, 3.05) is 19.1 Å². The molecule has 1 unspecified atom stereocenters. The van der Waals surface area contributed by atoms with Crippen molar-refractivity contribution >= 4 is 45.2 Å². The number of methoxy groups -OCH3 is 1. The second kappa shape index (κ2) is 8.37. The Balaban J connectivity index is 1.80. The van der Waals surface area contributed by atoms with Crippen molar-refractivity contribution in [2.45, 2.75) is 12.5 Å². The first-order valence-electron chi connectivity index (χ1n) is 8.04. The van der Waals surface area contributed by atoms with E-state index in [1.807, 2.05) is 41.4 Å². The highest BCUT2D eigenvalue weighted by molar-refractivity contribution is 7.98. The number of rotatable bonds is 7. The van der Waals surface area contributed by atoms with Crippen molar-refractivity contribution in [1.29, 1.82) is 0 Å². The number of aromatic nitrogens is 2. The summed E-state index contributed by atoms with van der Waals surface area (Å²) in [5.41, 5.74) is 1.33. The second-order valence-corrected chi connectivity index (χ2v) is 7.59. The molecule has 6 nitrogen and oxygen atoms in total. The smallest absolute Gasteiger partial charge is 0.328 e. The fourth-order valence-corrected chi connectivity index (χ4v) is 3.94. The van der Waals surface area contributed by atoms with Gasteiger partial charge in [-0.15, -0.1) is 0 Å². The molecule has 0 saturated heterocycles. The van der Waals surface area contributed by atoms with Gasteiger partial charge in [-0.3, -0.25) is 4.79 Å². The van der Waals surface area contributed by atoms with Crippen molar-refractivity contribution in [2.24, 2.45) is 0 Å². The van der Waals surface area contributed by atoms with Crippen LogP contribution in [0.1, 0.15) is 16.8 Å². The quantitative estimate of drug-likeness (QED) is 0.629. The van der Waals surface area contributed by atoms with Crippen LogP contribution in [-0.2, 0) is 9.53 Å². The number of carbonyl (C=O) groups is 2. The molecule has 1 atom stereocenters. The Bertz CT molecular complexity index is 906. The summed E-state index contributed by atoms with van der Waals surface area (Å²) in [4.78, 5) is 29.0. The van der Waals surface area contributed by atoms with Gasteiger partial charge in [0.2, 0.25) is 0 Å². The summed E-state index contributed by atoms with van der Waals surface area (Å²) in [7, 11) is 1.33. The lowest BCUT2D eigenvalue weighted by Crippen LogP contribution is -2.41. The number of hydrogen-bond donors (Lipinski definition) is 1. The van der Waals surface area contributed by atoms with Gasteiger partial charge in [0.05, 0.1) is 17.3 Å². The summed E-state index contributed by atoms with van der Waals surface area (Å²) in [5, 5.41) is 3.61. The minimum Gasteiger partial charge on any atom is -0.467 e. The van der Waals surface area contributed by atoms with Crippen LogP contribution in [0.2, 0.25) is 0 Å². The zero-order chi connectivity index (χ0) is 18.5. The molecule has 3 aromatic rings. The minimum absolute atomic E-state index is 0.292. The van der Waals surface area contributed by atoms with E-state index in [4.69, 9.17) is 4.74 Å². The molecular formula is C18H19N3O3S2. The van der Waals surface area contributed by atoms with Crippen LogP contribution < -0.4 is 5.32 Å². The molecule has 26 heavy (non-hydrogen) atoms. The van der Waals surface area contributed by atoms with Gasteiger partial charge in [-0.1, -0.05) is 11.3 Å². The topological polar surface area (TPSA) is 73.2 Å². The van der Waals surface area contributed by atoms with Gasteiger partial charge in [0.25, 0.3) is 5.91 Å². The molecule has 0 aliphatic heterocycles. The third-order valence-electron chi connectivity index (χ3n) is 3.87. The first-order chi connectivity index (χ1) is 12.6. The predicted octanol–water partition coefficient (Wildman–Crippen LogP) is 3.11. The highest BCUT2D eigenvalue weighted by Crippen LogP contribution is 2.26. The molecule has 0 aliphatic rings. The highest BCUT2D eigenvalue weighted by atomic mass is 32.2. The molecule has 2 heterocycles. The zero-order valence-corrected chi connectivity index (χ0v) is 16.1. The lowest BCUT2D eigenvalue weighted by molar-refractivity contribution is -0.142. The van der Waals surface area contributed by atoms with Crippen LogP contribution in [0.15, 0.2) is 42.7 Å². The number of esters is 1. The van der Waals surface area contributed by atoms with Gasteiger partial charge in [-0.25, -0.2) is 9.78 Å². The van der Waals surface area contributed by atoms with Gasteiger partial charge in [0.15, 0.2) is 5.13 Å². The largest absolute Gasteiger partial charge is 0.467 e. The third kappa shape index (κ3) is 4.08. The van der Waals surface area contributed by atoms with Gasteiger partial charge in [0.1, 0.15) is 6.04 Å². The number of fused-ring (bicyclic) bond motifs is 1. The molecule has 0 bridgehead atoms. The van der Waals surface area contributed by atoms with Crippen LogP contribution in [0.25, 0.3) is 15.3 Å². The molecule has 8 heteroatoms. The van der Waals surface area contributed by atoms with Gasteiger partial charge in [-0.2, -0.15) is 11.8 Å². The van der Waals surface area contributed by atoms with E-state index in [2.05, 4.69) is 10.3 Å². The molecule has 0 radical (unpaired) electrons. The molecule has 136 valence electrons. The summed E-state index contributed by atoms with van der Waals surface area (Å²) >= 11 is 3.12. The monoisotopic (exact) mass is 389 g/mol. The third-order valence-corrected chi connectivity index (χ3v) is 5.54. The molecule has 1 N–H and O–H groups in total. The summed E-state index contributed by atoms with van der Waals surface area (Å²) in [5.74, 6) is 0.0363. The molecule has 1 aromatic carbocycles. The minimum atomic E-state index is -0.646.